The van der Waals surface area contributed by atoms with Gasteiger partial charge in [-0.25, -0.2) is 0 Å². The van der Waals surface area contributed by atoms with Crippen molar-refractivity contribution in [2.75, 3.05) is 0 Å². The highest BCUT2D eigenvalue weighted by Gasteiger charge is 2.21. The Morgan fingerprint density at radius 2 is 2.00 bits per heavy atom. The molecular weight excluding hydrogens is 176 g/mol. The van der Waals surface area contributed by atoms with Gasteiger partial charge in [0.1, 0.15) is 0 Å². The maximum atomic E-state index is 11.3. The van der Waals surface area contributed by atoms with Crippen LogP contribution in [-0.4, -0.2) is 5.97 Å². The monoisotopic (exact) mass is 196 g/mol. The van der Waals surface area contributed by atoms with Crippen LogP contribution in [0.3, 0.4) is 0 Å². The van der Waals surface area contributed by atoms with E-state index in [0.29, 0.717) is 0 Å². The molecule has 0 saturated carbocycles. The van der Waals surface area contributed by atoms with Gasteiger partial charge < -0.3 is 4.74 Å². The lowest BCUT2D eigenvalue weighted by molar-refractivity contribution is -0.146. The lowest BCUT2D eigenvalue weighted by atomic mass is 9.98. The number of allylic oxidation sites excluding steroid dienone is 2. The second kappa shape index (κ2) is 5.63. The highest BCUT2D eigenvalue weighted by molar-refractivity contribution is 5.75. The molecule has 0 aliphatic rings. The predicted octanol–water partition coefficient (Wildman–Crippen LogP) is 3.45. The van der Waals surface area contributed by atoms with Crippen molar-refractivity contribution in [3.63, 3.8) is 0 Å². The summed E-state index contributed by atoms with van der Waals surface area (Å²) >= 11 is 0. The predicted molar refractivity (Wildman–Crippen MR) is 58.7 cm³/mol. The molecular formula is C12H20O2. The van der Waals surface area contributed by atoms with E-state index >= 15 is 0 Å². The van der Waals surface area contributed by atoms with Crippen LogP contribution in [0.2, 0.25) is 0 Å². The van der Waals surface area contributed by atoms with Crippen molar-refractivity contribution in [3.8, 4) is 0 Å². The normalized spacial score (nSPS) is 11.7. The molecule has 0 amide bonds. The summed E-state index contributed by atoms with van der Waals surface area (Å²) in [5.41, 5.74) is 0.704. The second-order valence-corrected chi connectivity index (χ2v) is 4.52. The van der Waals surface area contributed by atoms with E-state index in [0.717, 1.165) is 18.4 Å². The summed E-state index contributed by atoms with van der Waals surface area (Å²) in [5.74, 6) is -0.205. The van der Waals surface area contributed by atoms with Crippen LogP contribution in [0.5, 0.6) is 0 Å². The van der Waals surface area contributed by atoms with E-state index < -0.39 is 5.41 Å². The number of rotatable bonds is 4. The summed E-state index contributed by atoms with van der Waals surface area (Å²) in [6, 6.07) is 0. The third kappa shape index (κ3) is 6.46. The Balaban J connectivity index is 3.73. The summed E-state index contributed by atoms with van der Waals surface area (Å²) in [5, 5.41) is 0. The zero-order chi connectivity index (χ0) is 11.2. The summed E-state index contributed by atoms with van der Waals surface area (Å²) in [6.45, 7) is 11.3. The van der Waals surface area contributed by atoms with Gasteiger partial charge in [-0.15, -0.1) is 6.58 Å². The zero-order valence-corrected chi connectivity index (χ0v) is 9.59. The van der Waals surface area contributed by atoms with Gasteiger partial charge in [-0.2, -0.15) is 0 Å². The minimum absolute atomic E-state index is 0.205. The molecule has 0 aliphatic carbocycles. The van der Waals surface area contributed by atoms with Gasteiger partial charge >= 0.3 is 5.97 Å². The van der Waals surface area contributed by atoms with Crippen LogP contribution >= 0.6 is 0 Å². The third-order valence-corrected chi connectivity index (χ3v) is 1.62. The highest BCUT2D eigenvalue weighted by Crippen LogP contribution is 2.15. The number of ether oxygens (including phenoxy) is 1. The fraction of sp³-hybridized carbons (Fsp3) is 0.583. The van der Waals surface area contributed by atoms with Crippen LogP contribution in [0.25, 0.3) is 0 Å². The standard InChI is InChI=1S/C12H20O2/c1-10(2)8-6-7-9-14-11(13)12(3,4)5/h7,9H,1,6,8H2,2-5H3/b9-7-. The molecule has 0 saturated heterocycles. The first-order valence-electron chi connectivity index (χ1n) is 4.84. The maximum absolute atomic E-state index is 11.3. The van der Waals surface area contributed by atoms with Gasteiger partial charge in [0.25, 0.3) is 0 Å². The Morgan fingerprint density at radius 1 is 1.43 bits per heavy atom. The molecule has 0 aromatic carbocycles. The van der Waals surface area contributed by atoms with Gasteiger partial charge in [-0.05, 0) is 46.6 Å². The summed E-state index contributed by atoms with van der Waals surface area (Å²) < 4.78 is 4.94. The quantitative estimate of drug-likeness (QED) is 0.391. The van der Waals surface area contributed by atoms with Crippen LogP contribution < -0.4 is 0 Å². The van der Waals surface area contributed by atoms with Crippen molar-refractivity contribution >= 4 is 5.97 Å². The number of hydrogen-bond acceptors (Lipinski definition) is 2. The van der Waals surface area contributed by atoms with Crippen LogP contribution in [0.1, 0.15) is 40.5 Å². The molecule has 0 heterocycles. The highest BCUT2D eigenvalue weighted by atomic mass is 16.5. The molecule has 0 rings (SSSR count). The molecule has 0 radical (unpaired) electrons. The molecule has 80 valence electrons. The molecule has 0 N–H and O–H groups in total. The van der Waals surface area contributed by atoms with Gasteiger partial charge in [0.05, 0.1) is 11.7 Å². The first kappa shape index (κ1) is 12.9. The van der Waals surface area contributed by atoms with Gasteiger partial charge in [0.15, 0.2) is 0 Å². The summed E-state index contributed by atoms with van der Waals surface area (Å²) in [4.78, 5) is 11.3. The Bertz CT molecular complexity index is 231. The topological polar surface area (TPSA) is 26.3 Å². The van der Waals surface area contributed by atoms with Crippen molar-refractivity contribution in [1.29, 1.82) is 0 Å². The molecule has 0 unspecified atom stereocenters. The van der Waals surface area contributed by atoms with Gasteiger partial charge in [-0.3, -0.25) is 4.79 Å². The van der Waals surface area contributed by atoms with Crippen molar-refractivity contribution in [3.05, 3.63) is 24.5 Å². The van der Waals surface area contributed by atoms with Gasteiger partial charge in [0.2, 0.25) is 0 Å². The second-order valence-electron chi connectivity index (χ2n) is 4.52. The minimum Gasteiger partial charge on any atom is -0.434 e. The number of carbonyl (C=O) groups is 1. The Morgan fingerprint density at radius 3 is 2.43 bits per heavy atom. The third-order valence-electron chi connectivity index (χ3n) is 1.62. The van der Waals surface area contributed by atoms with Crippen molar-refractivity contribution < 1.29 is 9.53 Å². The van der Waals surface area contributed by atoms with E-state index in [1.807, 2.05) is 33.8 Å². The molecule has 2 heteroatoms. The molecule has 0 atom stereocenters. The average molecular weight is 196 g/mol. The van der Waals surface area contributed by atoms with Crippen molar-refractivity contribution in [2.24, 2.45) is 5.41 Å². The average Bonchev–Trinajstić information content (AvgIpc) is 2.01. The molecule has 0 aliphatic heterocycles. The Labute approximate surface area is 86.6 Å². The SMILES string of the molecule is C=C(C)CC/C=C\OC(=O)C(C)(C)C. The zero-order valence-electron chi connectivity index (χ0n) is 9.59. The van der Waals surface area contributed by atoms with E-state index in [-0.39, 0.29) is 5.97 Å². The lowest BCUT2D eigenvalue weighted by Gasteiger charge is -2.13. The number of esters is 1. The molecule has 0 bridgehead atoms. The van der Waals surface area contributed by atoms with Crippen molar-refractivity contribution in [1.82, 2.24) is 0 Å². The molecule has 0 fully saturated rings. The van der Waals surface area contributed by atoms with Gasteiger partial charge in [-0.1, -0.05) is 5.57 Å². The maximum Gasteiger partial charge on any atom is 0.316 e. The van der Waals surface area contributed by atoms with E-state index in [1.54, 1.807) is 0 Å². The molecule has 0 spiro atoms. The van der Waals surface area contributed by atoms with Crippen LogP contribution in [0, 0.1) is 5.41 Å². The minimum atomic E-state index is -0.432. The van der Waals surface area contributed by atoms with E-state index in [9.17, 15) is 4.79 Å². The first-order valence-corrected chi connectivity index (χ1v) is 4.84. The van der Waals surface area contributed by atoms with Crippen LogP contribution in [0.4, 0.5) is 0 Å². The molecule has 0 aromatic heterocycles. The van der Waals surface area contributed by atoms with Crippen molar-refractivity contribution in [2.45, 2.75) is 40.5 Å². The summed E-state index contributed by atoms with van der Waals surface area (Å²) in [7, 11) is 0. The fourth-order valence-electron chi connectivity index (χ4n) is 0.684. The molecule has 2 nitrogen and oxygen atoms in total. The first-order chi connectivity index (χ1) is 6.34. The van der Waals surface area contributed by atoms with E-state index in [2.05, 4.69) is 6.58 Å². The molecule has 0 aromatic rings. The Hall–Kier alpha value is -1.05. The van der Waals surface area contributed by atoms with Crippen LogP contribution in [-0.2, 0) is 9.53 Å². The Kier molecular flexibility index (Phi) is 5.21. The molecule has 14 heavy (non-hydrogen) atoms. The largest absolute Gasteiger partial charge is 0.434 e. The fourth-order valence-corrected chi connectivity index (χ4v) is 0.684. The summed E-state index contributed by atoms with van der Waals surface area (Å²) in [6.07, 6.45) is 5.12. The lowest BCUT2D eigenvalue weighted by Crippen LogP contribution is -2.20. The number of carbonyl (C=O) groups excluding carboxylic acids is 1. The van der Waals surface area contributed by atoms with Crippen LogP contribution in [0.15, 0.2) is 24.5 Å². The van der Waals surface area contributed by atoms with E-state index in [1.165, 1.54) is 6.26 Å². The smallest absolute Gasteiger partial charge is 0.316 e. The van der Waals surface area contributed by atoms with E-state index in [4.69, 9.17) is 4.74 Å². The van der Waals surface area contributed by atoms with Gasteiger partial charge in [0, 0.05) is 0 Å². The number of hydrogen-bond donors (Lipinski definition) is 0.